The first-order valence-electron chi connectivity index (χ1n) is 16.4. The first kappa shape index (κ1) is 33.0. The predicted molar refractivity (Wildman–Crippen MR) is 190 cm³/mol. The number of rotatable bonds is 12. The van der Waals surface area contributed by atoms with E-state index in [-0.39, 0.29) is 23.9 Å². The second-order valence-corrected chi connectivity index (χ2v) is 13.1. The molecular formula is C37H36Cl2N6O4. The van der Waals surface area contributed by atoms with Crippen LogP contribution in [0.3, 0.4) is 0 Å². The number of nitrogens with one attached hydrogen (secondary N) is 4. The number of hydrogen-bond donors (Lipinski definition) is 4. The maximum atomic E-state index is 11.5. The van der Waals surface area contributed by atoms with Crippen molar-refractivity contribution in [2.24, 2.45) is 0 Å². The molecule has 0 bridgehead atoms. The van der Waals surface area contributed by atoms with Gasteiger partial charge in [-0.2, -0.15) is 0 Å². The first-order chi connectivity index (χ1) is 23.9. The van der Waals surface area contributed by atoms with Crippen molar-refractivity contribution in [2.45, 2.75) is 50.9 Å². The Kier molecular flexibility index (Phi) is 9.81. The van der Waals surface area contributed by atoms with Crippen molar-refractivity contribution < 1.29 is 18.7 Å². The van der Waals surface area contributed by atoms with E-state index in [4.69, 9.17) is 37.3 Å². The van der Waals surface area contributed by atoms with Crippen LogP contribution in [0.25, 0.3) is 44.6 Å². The molecule has 0 aliphatic carbocycles. The number of carbonyl (C=O) groups excluding carboxylic acids is 2. The molecule has 2 amide bonds. The SMILES string of the molecule is COc1nc(-c2cccc(-c3cccc(-c4cnc5cc(CNCC6CCC(=O)N6)oc5c4)c3Cl)c2Cl)ccc1CNCC1CCC(=O)N1. The minimum Gasteiger partial charge on any atom is -0.481 e. The van der Waals surface area contributed by atoms with Gasteiger partial charge in [0.05, 0.1) is 29.4 Å². The fourth-order valence-electron chi connectivity index (χ4n) is 6.45. The summed E-state index contributed by atoms with van der Waals surface area (Å²) in [6.45, 7) is 2.45. The Bertz CT molecular complexity index is 2030. The fourth-order valence-corrected chi connectivity index (χ4v) is 7.11. The lowest BCUT2D eigenvalue weighted by Crippen LogP contribution is -2.35. The Hall–Kier alpha value is -4.48. The van der Waals surface area contributed by atoms with Crippen LogP contribution in [-0.4, -0.2) is 54.1 Å². The third kappa shape index (κ3) is 7.28. The van der Waals surface area contributed by atoms with Crippen LogP contribution >= 0.6 is 23.2 Å². The number of carbonyl (C=O) groups is 2. The maximum absolute atomic E-state index is 11.5. The molecule has 0 spiro atoms. The Morgan fingerprint density at radius 1 is 0.837 bits per heavy atom. The minimum atomic E-state index is 0.0992. The highest BCUT2D eigenvalue weighted by Crippen LogP contribution is 2.42. The molecule has 7 rings (SSSR count). The van der Waals surface area contributed by atoms with E-state index in [2.05, 4.69) is 26.3 Å². The minimum absolute atomic E-state index is 0.0992. The monoisotopic (exact) mass is 698 g/mol. The number of ether oxygens (including phenoxy) is 1. The Balaban J connectivity index is 1.09. The van der Waals surface area contributed by atoms with Gasteiger partial charge in [-0.15, -0.1) is 0 Å². The maximum Gasteiger partial charge on any atom is 0.220 e. The molecule has 0 saturated carbocycles. The van der Waals surface area contributed by atoms with E-state index in [1.165, 1.54) is 0 Å². The van der Waals surface area contributed by atoms with Gasteiger partial charge in [-0.1, -0.05) is 65.7 Å². The molecule has 10 nitrogen and oxygen atoms in total. The number of benzene rings is 2. The highest BCUT2D eigenvalue weighted by atomic mass is 35.5. The van der Waals surface area contributed by atoms with Crippen LogP contribution in [0.1, 0.15) is 37.0 Å². The van der Waals surface area contributed by atoms with Crippen LogP contribution in [0.15, 0.2) is 71.3 Å². The summed E-state index contributed by atoms with van der Waals surface area (Å²) in [4.78, 5) is 32.4. The van der Waals surface area contributed by atoms with Crippen LogP contribution in [0, 0.1) is 0 Å². The molecule has 2 unspecified atom stereocenters. The molecule has 3 aromatic heterocycles. The third-order valence-electron chi connectivity index (χ3n) is 8.99. The van der Waals surface area contributed by atoms with E-state index in [0.717, 1.165) is 57.5 Å². The van der Waals surface area contributed by atoms with Crippen LogP contribution < -0.4 is 26.0 Å². The van der Waals surface area contributed by atoms with Gasteiger partial charge in [0, 0.05) is 90.2 Å². The molecule has 2 aliphatic rings. The zero-order valence-electron chi connectivity index (χ0n) is 26.9. The summed E-state index contributed by atoms with van der Waals surface area (Å²) in [6, 6.07) is 19.7. The summed E-state index contributed by atoms with van der Waals surface area (Å²) in [5.41, 5.74) is 6.92. The molecule has 2 fully saturated rings. The van der Waals surface area contributed by atoms with Gasteiger partial charge in [0.25, 0.3) is 0 Å². The largest absolute Gasteiger partial charge is 0.481 e. The lowest BCUT2D eigenvalue weighted by atomic mass is 9.97. The van der Waals surface area contributed by atoms with Crippen LogP contribution in [0.5, 0.6) is 5.88 Å². The molecule has 2 saturated heterocycles. The van der Waals surface area contributed by atoms with Crippen LogP contribution in [0.2, 0.25) is 10.0 Å². The topological polar surface area (TPSA) is 130 Å². The molecule has 5 heterocycles. The molecule has 0 radical (unpaired) electrons. The highest BCUT2D eigenvalue weighted by Gasteiger charge is 2.22. The molecular weight excluding hydrogens is 663 g/mol. The van der Waals surface area contributed by atoms with Crippen LogP contribution in [0.4, 0.5) is 0 Å². The molecule has 49 heavy (non-hydrogen) atoms. The van der Waals surface area contributed by atoms with E-state index >= 15 is 0 Å². The van der Waals surface area contributed by atoms with E-state index in [1.54, 1.807) is 13.3 Å². The second-order valence-electron chi connectivity index (χ2n) is 12.4. The lowest BCUT2D eigenvalue weighted by Gasteiger charge is -2.15. The van der Waals surface area contributed by atoms with Gasteiger partial charge < -0.3 is 30.4 Å². The molecule has 2 aliphatic heterocycles. The number of hydrogen-bond acceptors (Lipinski definition) is 8. The van der Waals surface area contributed by atoms with Gasteiger partial charge in [0.15, 0.2) is 5.58 Å². The second kappa shape index (κ2) is 14.6. The number of halogens is 2. The number of aromatic nitrogens is 2. The average Bonchev–Trinajstić information content (AvgIpc) is 3.84. The summed E-state index contributed by atoms with van der Waals surface area (Å²) in [5.74, 6) is 1.47. The van der Waals surface area contributed by atoms with E-state index in [0.29, 0.717) is 66.2 Å². The van der Waals surface area contributed by atoms with E-state index in [9.17, 15) is 9.59 Å². The molecule has 2 atom stereocenters. The van der Waals surface area contributed by atoms with Gasteiger partial charge in [0.2, 0.25) is 17.7 Å². The van der Waals surface area contributed by atoms with Gasteiger partial charge in [-0.25, -0.2) is 4.98 Å². The average molecular weight is 700 g/mol. The van der Waals surface area contributed by atoms with Crippen molar-refractivity contribution in [3.63, 3.8) is 0 Å². The summed E-state index contributed by atoms with van der Waals surface area (Å²) >= 11 is 14.2. The van der Waals surface area contributed by atoms with Gasteiger partial charge in [0.1, 0.15) is 11.3 Å². The number of fused-ring (bicyclic) bond motifs is 1. The van der Waals surface area contributed by atoms with E-state index in [1.807, 2.05) is 60.7 Å². The first-order valence-corrected chi connectivity index (χ1v) is 17.1. The van der Waals surface area contributed by atoms with Crippen LogP contribution in [-0.2, 0) is 22.7 Å². The third-order valence-corrected chi connectivity index (χ3v) is 9.81. The normalized spacial score (nSPS) is 17.4. The van der Waals surface area contributed by atoms with Gasteiger partial charge in [-0.05, 0) is 25.0 Å². The van der Waals surface area contributed by atoms with Crippen molar-refractivity contribution in [1.29, 1.82) is 0 Å². The Morgan fingerprint density at radius 2 is 1.47 bits per heavy atom. The zero-order valence-corrected chi connectivity index (χ0v) is 28.5. The number of methoxy groups -OCH3 is 1. The van der Waals surface area contributed by atoms with Crippen molar-refractivity contribution in [2.75, 3.05) is 20.2 Å². The highest BCUT2D eigenvalue weighted by molar-refractivity contribution is 6.39. The molecule has 4 N–H and O–H groups in total. The summed E-state index contributed by atoms with van der Waals surface area (Å²) < 4.78 is 11.8. The summed E-state index contributed by atoms with van der Waals surface area (Å²) in [5, 5.41) is 13.8. The fraction of sp³-hybridized carbons (Fsp3) is 0.297. The molecule has 2 aromatic carbocycles. The van der Waals surface area contributed by atoms with E-state index < -0.39 is 0 Å². The smallest absolute Gasteiger partial charge is 0.220 e. The van der Waals surface area contributed by atoms with Crippen molar-refractivity contribution >= 4 is 46.1 Å². The molecule has 12 heteroatoms. The standard InChI is InChI=1S/C37H36Cl2N6O4/c1-48-37-21(16-40-18-23-9-12-33(46)43-23)8-11-30(45-37)29-7-3-6-28(36(29)39)27-5-2-4-26(35(27)38)22-14-32-31(42-17-22)15-25(49-32)20-41-19-24-10-13-34(47)44-24/h2-8,11,14-15,17,23-24,40-41H,9-10,12-13,16,18-20H2,1H3,(H,43,46)(H,44,47). The van der Waals surface area contributed by atoms with Crippen molar-refractivity contribution in [3.05, 3.63) is 88.2 Å². The quantitative estimate of drug-likeness (QED) is 0.120. The number of furan rings is 1. The molecule has 5 aromatic rings. The number of pyridine rings is 2. The van der Waals surface area contributed by atoms with Gasteiger partial charge in [-0.3, -0.25) is 14.6 Å². The number of nitrogens with zero attached hydrogens (tertiary/aromatic N) is 2. The van der Waals surface area contributed by atoms with Crippen molar-refractivity contribution in [1.82, 2.24) is 31.2 Å². The van der Waals surface area contributed by atoms with Gasteiger partial charge >= 0.3 is 0 Å². The lowest BCUT2D eigenvalue weighted by molar-refractivity contribution is -0.120. The number of amides is 2. The molecule has 252 valence electrons. The zero-order chi connectivity index (χ0) is 33.9. The Labute approximate surface area is 293 Å². The summed E-state index contributed by atoms with van der Waals surface area (Å²) in [7, 11) is 1.60. The predicted octanol–water partition coefficient (Wildman–Crippen LogP) is 6.28. The Morgan fingerprint density at radius 3 is 2.12 bits per heavy atom. The van der Waals surface area contributed by atoms with Crippen molar-refractivity contribution in [3.8, 4) is 39.4 Å². The summed E-state index contributed by atoms with van der Waals surface area (Å²) in [6.07, 6.45) is 4.62.